The van der Waals surface area contributed by atoms with Crippen molar-refractivity contribution in [2.45, 2.75) is 60.8 Å². The Morgan fingerprint density at radius 3 is 1.93 bits per heavy atom. The summed E-state index contributed by atoms with van der Waals surface area (Å²) in [6, 6.07) is 0. The summed E-state index contributed by atoms with van der Waals surface area (Å²) in [5, 5.41) is 0. The Hall–Kier alpha value is -0.0400. The predicted octanol–water partition coefficient (Wildman–Crippen LogP) is 4.51. The van der Waals surface area contributed by atoms with Crippen LogP contribution in [0, 0.1) is 17.3 Å². The topological polar surface area (TPSA) is 9.23 Å². The molecule has 92 valence electrons. The van der Waals surface area contributed by atoms with Crippen LogP contribution in [0.4, 0.5) is 0 Å². The van der Waals surface area contributed by atoms with Gasteiger partial charge in [0.25, 0.3) is 0 Å². The van der Waals surface area contributed by atoms with E-state index in [1.165, 1.54) is 19.3 Å². The summed E-state index contributed by atoms with van der Waals surface area (Å²) >= 11 is 0. The molecule has 0 aromatic rings. The second-order valence-electron chi connectivity index (χ2n) is 6.45. The van der Waals surface area contributed by atoms with Crippen molar-refractivity contribution in [1.82, 2.24) is 0 Å². The largest absolute Gasteiger partial charge is 0.381 e. The fraction of sp³-hybridized carbons (Fsp3) is 1.00. The van der Waals surface area contributed by atoms with Crippen molar-refractivity contribution in [1.29, 1.82) is 0 Å². The normalized spacial score (nSPS) is 14.6. The van der Waals surface area contributed by atoms with Crippen LogP contribution in [0.25, 0.3) is 0 Å². The lowest BCUT2D eigenvalue weighted by atomic mass is 9.84. The van der Waals surface area contributed by atoms with Crippen LogP contribution in [0.1, 0.15) is 60.8 Å². The van der Waals surface area contributed by atoms with E-state index in [1.807, 2.05) is 0 Å². The van der Waals surface area contributed by atoms with E-state index in [-0.39, 0.29) is 0 Å². The molecular weight excluding hydrogens is 184 g/mol. The Morgan fingerprint density at radius 2 is 1.47 bits per heavy atom. The van der Waals surface area contributed by atoms with Gasteiger partial charge in [-0.15, -0.1) is 0 Å². The standard InChI is InChI=1S/C14H30O/c1-12(2)7-9-15-10-8-13(3)11-14(4,5)6/h12-13H,7-11H2,1-6H3. The van der Waals surface area contributed by atoms with Crippen LogP contribution in [-0.2, 0) is 4.74 Å². The molecule has 0 aliphatic carbocycles. The quantitative estimate of drug-likeness (QED) is 0.566. The van der Waals surface area contributed by atoms with Crippen LogP contribution in [0.3, 0.4) is 0 Å². The lowest BCUT2D eigenvalue weighted by Gasteiger charge is -2.23. The van der Waals surface area contributed by atoms with Gasteiger partial charge in [0.15, 0.2) is 0 Å². The summed E-state index contributed by atoms with van der Waals surface area (Å²) in [7, 11) is 0. The minimum absolute atomic E-state index is 0.456. The molecule has 0 bridgehead atoms. The number of rotatable bonds is 7. The van der Waals surface area contributed by atoms with Gasteiger partial charge in [0.2, 0.25) is 0 Å². The highest BCUT2D eigenvalue weighted by Gasteiger charge is 2.14. The predicted molar refractivity (Wildman–Crippen MR) is 68.1 cm³/mol. The maximum Gasteiger partial charge on any atom is 0.0468 e. The van der Waals surface area contributed by atoms with Gasteiger partial charge >= 0.3 is 0 Å². The zero-order chi connectivity index (χ0) is 11.9. The molecule has 15 heavy (non-hydrogen) atoms. The summed E-state index contributed by atoms with van der Waals surface area (Å²) < 4.78 is 5.63. The van der Waals surface area contributed by atoms with Crippen LogP contribution in [0.15, 0.2) is 0 Å². The van der Waals surface area contributed by atoms with E-state index in [1.54, 1.807) is 0 Å². The van der Waals surface area contributed by atoms with Crippen molar-refractivity contribution in [3.8, 4) is 0 Å². The van der Waals surface area contributed by atoms with Gasteiger partial charge < -0.3 is 4.74 Å². The van der Waals surface area contributed by atoms with Gasteiger partial charge in [0.1, 0.15) is 0 Å². The fourth-order valence-electron chi connectivity index (χ4n) is 1.85. The minimum atomic E-state index is 0.456. The first-order valence-corrected chi connectivity index (χ1v) is 6.39. The molecule has 0 rings (SSSR count). The van der Waals surface area contributed by atoms with E-state index < -0.39 is 0 Å². The molecule has 0 saturated heterocycles. The third kappa shape index (κ3) is 11.9. The van der Waals surface area contributed by atoms with Crippen molar-refractivity contribution in [3.05, 3.63) is 0 Å². The molecule has 0 N–H and O–H groups in total. The molecule has 0 saturated carbocycles. The Kier molecular flexibility index (Phi) is 7.25. The van der Waals surface area contributed by atoms with Crippen molar-refractivity contribution in [3.63, 3.8) is 0 Å². The highest BCUT2D eigenvalue weighted by Crippen LogP contribution is 2.25. The molecule has 0 aromatic heterocycles. The van der Waals surface area contributed by atoms with E-state index in [0.29, 0.717) is 5.41 Å². The Morgan fingerprint density at radius 1 is 0.933 bits per heavy atom. The molecular formula is C14H30O. The zero-order valence-electron chi connectivity index (χ0n) is 11.6. The molecule has 1 nitrogen and oxygen atoms in total. The summed E-state index contributed by atoms with van der Waals surface area (Å²) in [5.41, 5.74) is 0.456. The molecule has 0 heterocycles. The minimum Gasteiger partial charge on any atom is -0.381 e. The first-order valence-electron chi connectivity index (χ1n) is 6.39. The zero-order valence-corrected chi connectivity index (χ0v) is 11.6. The molecule has 1 unspecified atom stereocenters. The Labute approximate surface area is 96.6 Å². The second kappa shape index (κ2) is 7.27. The molecule has 0 fully saturated rings. The summed E-state index contributed by atoms with van der Waals surface area (Å²) in [5.74, 6) is 1.54. The van der Waals surface area contributed by atoms with Crippen LogP contribution >= 0.6 is 0 Å². The average Bonchev–Trinajstić information content (AvgIpc) is 1.99. The highest BCUT2D eigenvalue weighted by molar-refractivity contribution is 4.66. The molecule has 1 heteroatoms. The lowest BCUT2D eigenvalue weighted by molar-refractivity contribution is 0.106. The third-order valence-corrected chi connectivity index (χ3v) is 2.56. The van der Waals surface area contributed by atoms with E-state index in [2.05, 4.69) is 41.5 Å². The SMILES string of the molecule is CC(C)CCOCCC(C)CC(C)(C)C. The van der Waals surface area contributed by atoms with E-state index in [9.17, 15) is 0 Å². The number of ether oxygens (including phenoxy) is 1. The van der Waals surface area contributed by atoms with Gasteiger partial charge in [-0.1, -0.05) is 41.5 Å². The van der Waals surface area contributed by atoms with Gasteiger partial charge in [0, 0.05) is 13.2 Å². The average molecular weight is 214 g/mol. The summed E-state index contributed by atoms with van der Waals surface area (Å²) in [6.07, 6.45) is 3.68. The van der Waals surface area contributed by atoms with Crippen molar-refractivity contribution < 1.29 is 4.74 Å². The Balaban J connectivity index is 3.36. The van der Waals surface area contributed by atoms with E-state index in [4.69, 9.17) is 4.74 Å². The van der Waals surface area contributed by atoms with Gasteiger partial charge in [-0.25, -0.2) is 0 Å². The van der Waals surface area contributed by atoms with Crippen molar-refractivity contribution >= 4 is 0 Å². The van der Waals surface area contributed by atoms with Gasteiger partial charge in [-0.3, -0.25) is 0 Å². The van der Waals surface area contributed by atoms with Crippen LogP contribution in [-0.4, -0.2) is 13.2 Å². The van der Waals surface area contributed by atoms with Crippen LogP contribution in [0.5, 0.6) is 0 Å². The van der Waals surface area contributed by atoms with Crippen molar-refractivity contribution in [2.24, 2.45) is 17.3 Å². The summed E-state index contributed by atoms with van der Waals surface area (Å²) in [6.45, 7) is 15.6. The molecule has 1 atom stereocenters. The molecule has 0 aromatic carbocycles. The van der Waals surface area contributed by atoms with Crippen molar-refractivity contribution in [2.75, 3.05) is 13.2 Å². The summed E-state index contributed by atoms with van der Waals surface area (Å²) in [4.78, 5) is 0. The maximum atomic E-state index is 5.63. The molecule has 0 spiro atoms. The van der Waals surface area contributed by atoms with Crippen LogP contribution in [0.2, 0.25) is 0 Å². The molecule has 0 radical (unpaired) electrons. The second-order valence-corrected chi connectivity index (χ2v) is 6.45. The molecule has 0 aliphatic heterocycles. The highest BCUT2D eigenvalue weighted by atomic mass is 16.5. The van der Waals surface area contributed by atoms with Crippen LogP contribution < -0.4 is 0 Å². The smallest absolute Gasteiger partial charge is 0.0468 e. The number of hydrogen-bond donors (Lipinski definition) is 0. The fourth-order valence-corrected chi connectivity index (χ4v) is 1.85. The third-order valence-electron chi connectivity index (χ3n) is 2.56. The first-order chi connectivity index (χ1) is 6.81. The van der Waals surface area contributed by atoms with Gasteiger partial charge in [-0.2, -0.15) is 0 Å². The van der Waals surface area contributed by atoms with Gasteiger partial charge in [0.05, 0.1) is 0 Å². The first kappa shape index (κ1) is 15.0. The maximum absolute atomic E-state index is 5.63. The Bertz CT molecular complexity index is 144. The van der Waals surface area contributed by atoms with E-state index >= 15 is 0 Å². The lowest BCUT2D eigenvalue weighted by Crippen LogP contribution is -2.13. The molecule has 0 aliphatic rings. The number of hydrogen-bond acceptors (Lipinski definition) is 1. The molecule has 0 amide bonds. The van der Waals surface area contributed by atoms with E-state index in [0.717, 1.165) is 25.0 Å². The monoisotopic (exact) mass is 214 g/mol. The van der Waals surface area contributed by atoms with Gasteiger partial charge in [-0.05, 0) is 36.5 Å².